The molecule has 0 saturated carbocycles. The molecule has 122 valence electrons. The van der Waals surface area contributed by atoms with Crippen molar-refractivity contribution in [3.63, 3.8) is 0 Å². The van der Waals surface area contributed by atoms with Crippen LogP contribution >= 0.6 is 15.2 Å². The maximum absolute atomic E-state index is 10.9. The van der Waals surface area contributed by atoms with E-state index in [1.54, 1.807) is 12.1 Å². The normalized spacial score (nSPS) is 14.3. The van der Waals surface area contributed by atoms with Crippen molar-refractivity contribution in [2.24, 2.45) is 0 Å². The summed E-state index contributed by atoms with van der Waals surface area (Å²) in [6, 6.07) is 7.23. The third kappa shape index (κ3) is 13.0. The van der Waals surface area contributed by atoms with Crippen LogP contribution in [0.5, 0.6) is 0 Å². The molecule has 2 unspecified atom stereocenters. The molecule has 1 rings (SSSR count). The first kappa shape index (κ1) is 31.7. The Morgan fingerprint density at radius 1 is 1.04 bits per heavy atom. The Labute approximate surface area is 214 Å². The number of rotatable bonds is 6. The van der Waals surface area contributed by atoms with Crippen molar-refractivity contribution in [3.05, 3.63) is 47.0 Å². The summed E-state index contributed by atoms with van der Waals surface area (Å²) in [5.74, 6) is 0. The Morgan fingerprint density at radius 3 is 1.84 bits per heavy atom. The van der Waals surface area contributed by atoms with E-state index >= 15 is 0 Å². The van der Waals surface area contributed by atoms with Crippen LogP contribution in [0, 0.1) is 0 Å². The molecular weight excluding hydrogens is 395 g/mol. The van der Waals surface area contributed by atoms with Crippen LogP contribution in [-0.2, 0) is 9.13 Å². The molecule has 0 amide bonds. The summed E-state index contributed by atoms with van der Waals surface area (Å²) in [7, 11) is -10.7. The quantitative estimate of drug-likeness (QED) is 0.366. The van der Waals surface area contributed by atoms with Gasteiger partial charge in [0, 0.05) is 0 Å². The van der Waals surface area contributed by atoms with Gasteiger partial charge in [-0.15, -0.1) is 0 Å². The summed E-state index contributed by atoms with van der Waals surface area (Å²) in [5, 5.41) is -2.33. The van der Waals surface area contributed by atoms with Gasteiger partial charge in [-0.05, 0) is 31.4 Å². The molecule has 0 saturated heterocycles. The van der Waals surface area contributed by atoms with E-state index in [0.717, 1.165) is 16.7 Å². The van der Waals surface area contributed by atoms with Gasteiger partial charge >= 0.3 is 88.7 Å². The van der Waals surface area contributed by atoms with E-state index in [-0.39, 0.29) is 88.7 Å². The van der Waals surface area contributed by atoms with Crippen LogP contribution in [0.1, 0.15) is 31.4 Å². The second kappa shape index (κ2) is 14.1. The van der Waals surface area contributed by atoms with Crippen LogP contribution in [0.2, 0.25) is 0 Å². The van der Waals surface area contributed by atoms with E-state index in [1.165, 1.54) is 12.2 Å². The van der Waals surface area contributed by atoms with Crippen molar-refractivity contribution in [1.29, 1.82) is 0 Å². The van der Waals surface area contributed by atoms with Crippen LogP contribution in [-0.4, -0.2) is 10.3 Å². The topological polar surface area (TPSA) is 124 Å². The maximum Gasteiger partial charge on any atom is 1.00 e. The summed E-state index contributed by atoms with van der Waals surface area (Å²) in [6.07, 6.45) is 4.12. The summed E-state index contributed by atoms with van der Waals surface area (Å²) >= 11 is 0. The smallest absolute Gasteiger partial charge is 0.810 e. The number of benzene rings is 1. The molecule has 0 fully saturated rings. The van der Waals surface area contributed by atoms with E-state index in [1.807, 2.05) is 32.1 Å². The van der Waals surface area contributed by atoms with Crippen molar-refractivity contribution >= 4 is 27.3 Å². The first-order valence-electron chi connectivity index (χ1n) is 6.47. The van der Waals surface area contributed by atoms with Gasteiger partial charge in [0.1, 0.15) is 7.60 Å². The van der Waals surface area contributed by atoms with Crippen molar-refractivity contribution in [1.82, 2.24) is 0 Å². The number of hydrogen-bond donors (Lipinski definition) is 1. The predicted molar refractivity (Wildman–Crippen MR) is 80.6 cm³/mol. The summed E-state index contributed by atoms with van der Waals surface area (Å²) in [5.41, 5.74) is 2.86. The summed E-state index contributed by atoms with van der Waals surface area (Å²) in [6.45, 7) is 3.93. The van der Waals surface area contributed by atoms with Gasteiger partial charge in [0.05, 0.1) is 5.40 Å². The molecule has 11 heteroatoms. The van der Waals surface area contributed by atoms with Gasteiger partial charge in [0.25, 0.3) is 0 Å². The van der Waals surface area contributed by atoms with Crippen LogP contribution < -0.4 is 103 Å². The van der Waals surface area contributed by atoms with Crippen LogP contribution in [0.25, 0.3) is 12.2 Å². The fraction of sp³-hybridized carbons (Fsp3) is 0.286. The van der Waals surface area contributed by atoms with Crippen molar-refractivity contribution in [2.45, 2.75) is 25.7 Å². The Bertz CT molecular complexity index is 638. The third-order valence-electron chi connectivity index (χ3n) is 2.79. The molecule has 0 aliphatic carbocycles. The molecule has 1 N–H and O–H groups in total. The maximum atomic E-state index is 10.9. The molecule has 1 aromatic rings. The third-order valence-corrected chi connectivity index (χ3v) is 6.42. The zero-order valence-corrected chi connectivity index (χ0v) is 23.0. The Morgan fingerprint density at radius 2 is 1.48 bits per heavy atom. The monoisotopic (exact) mass is 412 g/mol. The molecule has 0 bridgehead atoms. The zero-order valence-electron chi connectivity index (χ0n) is 15.2. The molecule has 0 aromatic heterocycles. The molecule has 25 heavy (non-hydrogen) atoms. The average Bonchev–Trinajstić information content (AvgIpc) is 2.32. The summed E-state index contributed by atoms with van der Waals surface area (Å²) in [4.78, 5) is 41.5. The molecule has 6 nitrogen and oxygen atoms in total. The standard InChI is InChI=1S/C14H20O6P2.3Na/c1-11(2)10-13-8-6-12(7-9-13)4-3-5-14(21(15,16)17)22(18,19)20;;;/h3-4,6-10,14H,5H2,1-2H3,(H2,15,16,17)(H2,18,19,20);;;/q;3*+1/p-3/b4-3+;;;. The van der Waals surface area contributed by atoms with Gasteiger partial charge in [-0.3, -0.25) is 0 Å². The van der Waals surface area contributed by atoms with Gasteiger partial charge in [0.15, 0.2) is 0 Å². The SMILES string of the molecule is CC(C)=Cc1ccc(/C=C/CC(P(=O)([O-])[O-])P(=O)([O-])O)cc1.[Na+].[Na+].[Na+]. The zero-order chi connectivity index (χ0) is 17.0. The largest absolute Gasteiger partial charge is 1.00 e. The first-order chi connectivity index (χ1) is 10.00. The van der Waals surface area contributed by atoms with Crippen molar-refractivity contribution in [3.8, 4) is 0 Å². The van der Waals surface area contributed by atoms with Crippen LogP contribution in [0.3, 0.4) is 0 Å². The van der Waals surface area contributed by atoms with Gasteiger partial charge < -0.3 is 28.7 Å². The van der Waals surface area contributed by atoms with Crippen LogP contribution in [0.4, 0.5) is 0 Å². The Balaban J connectivity index is -0.00000161. The second-order valence-electron chi connectivity index (χ2n) is 5.11. The van der Waals surface area contributed by atoms with Gasteiger partial charge in [-0.25, -0.2) is 0 Å². The molecular formula is C14H17Na3O6P2. The minimum atomic E-state index is -5.43. The van der Waals surface area contributed by atoms with E-state index in [0.29, 0.717) is 0 Å². The van der Waals surface area contributed by atoms with E-state index in [4.69, 9.17) is 4.89 Å². The second-order valence-corrected chi connectivity index (χ2v) is 8.97. The Hall–Kier alpha value is 2.00. The fourth-order valence-corrected chi connectivity index (χ4v) is 4.00. The van der Waals surface area contributed by atoms with Gasteiger partial charge in [-0.1, -0.05) is 55.7 Å². The van der Waals surface area contributed by atoms with Crippen LogP contribution in [0.15, 0.2) is 35.9 Å². The minimum Gasteiger partial charge on any atom is -0.810 e. The molecule has 0 aliphatic rings. The average molecular weight is 412 g/mol. The minimum absolute atomic E-state index is 0. The Kier molecular flexibility index (Phi) is 17.8. The number of hydrogen-bond acceptors (Lipinski definition) is 5. The predicted octanol–water partition coefficient (Wildman–Crippen LogP) is -7.69. The van der Waals surface area contributed by atoms with Gasteiger partial charge in [-0.2, -0.15) is 0 Å². The first-order valence-corrected chi connectivity index (χ1v) is 9.73. The molecule has 1 aromatic carbocycles. The fourth-order valence-electron chi connectivity index (χ4n) is 1.80. The van der Waals surface area contributed by atoms with Crippen molar-refractivity contribution in [2.75, 3.05) is 0 Å². The van der Waals surface area contributed by atoms with E-state index < -0.39 is 27.0 Å². The number of allylic oxidation sites excluding steroid dienone is 2. The van der Waals surface area contributed by atoms with Crippen molar-refractivity contribution < 1.29 is 117 Å². The summed E-state index contributed by atoms with van der Waals surface area (Å²) < 4.78 is 21.8. The molecule has 0 aliphatic heterocycles. The molecule has 0 radical (unpaired) electrons. The van der Waals surface area contributed by atoms with E-state index in [2.05, 4.69) is 0 Å². The molecule has 0 heterocycles. The molecule has 0 spiro atoms. The molecule has 2 atom stereocenters. The van der Waals surface area contributed by atoms with Gasteiger partial charge in [0.2, 0.25) is 0 Å². The van der Waals surface area contributed by atoms with E-state index in [9.17, 15) is 23.8 Å².